The number of nitriles is 1. The summed E-state index contributed by atoms with van der Waals surface area (Å²) in [6, 6.07) is 10.5. The molecule has 0 bridgehead atoms. The van der Waals surface area contributed by atoms with Gasteiger partial charge in [-0.25, -0.2) is 4.98 Å². The number of fused-ring (bicyclic) bond motifs is 3. The predicted octanol–water partition coefficient (Wildman–Crippen LogP) is 4.90. The van der Waals surface area contributed by atoms with Gasteiger partial charge < -0.3 is 5.73 Å². The molecule has 0 saturated carbocycles. The Bertz CT molecular complexity index is 1590. The Labute approximate surface area is 197 Å². The van der Waals surface area contributed by atoms with Crippen LogP contribution in [0.1, 0.15) is 23.5 Å². The summed E-state index contributed by atoms with van der Waals surface area (Å²) >= 11 is 12.8. The average Bonchev–Trinajstić information content (AvgIpc) is 3.43. The first-order valence-electron chi connectivity index (χ1n) is 9.88. The number of imidazole rings is 1. The summed E-state index contributed by atoms with van der Waals surface area (Å²) in [5, 5.41) is 14.8. The minimum Gasteiger partial charge on any atom is -0.364 e. The van der Waals surface area contributed by atoms with Crippen molar-refractivity contribution in [3.8, 4) is 28.5 Å². The van der Waals surface area contributed by atoms with Gasteiger partial charge in [0.05, 0.1) is 27.8 Å². The molecule has 0 fully saturated rings. The lowest BCUT2D eigenvalue weighted by molar-refractivity contribution is 0.0995. The Morgan fingerprint density at radius 1 is 1.18 bits per heavy atom. The monoisotopic (exact) mass is 475 g/mol. The number of hydrogen-bond acceptors (Lipinski definition) is 5. The standard InChI is InChI=1S/C23H15Cl2N7O/c1-12(8-26)32-11-14(10-29-32)13-7-15-18(28-9-13)5-6-31-21(22(27)33)20(30-23(15)31)19-16(24)3-2-4-17(19)25/h2-7,9-12H,1H3,(H2,27,33). The quantitative estimate of drug-likeness (QED) is 0.396. The Morgan fingerprint density at radius 2 is 1.94 bits per heavy atom. The molecule has 2 N–H and O–H groups in total. The van der Waals surface area contributed by atoms with E-state index in [9.17, 15) is 4.79 Å². The highest BCUT2D eigenvalue weighted by Crippen LogP contribution is 2.37. The molecule has 10 heteroatoms. The van der Waals surface area contributed by atoms with Gasteiger partial charge in [0.25, 0.3) is 5.91 Å². The van der Waals surface area contributed by atoms with Crippen LogP contribution in [-0.4, -0.2) is 30.1 Å². The summed E-state index contributed by atoms with van der Waals surface area (Å²) in [6.07, 6.45) is 6.87. The van der Waals surface area contributed by atoms with Crippen molar-refractivity contribution in [2.45, 2.75) is 13.0 Å². The number of carbonyl (C=O) groups is 1. The van der Waals surface area contributed by atoms with Gasteiger partial charge in [0.15, 0.2) is 0 Å². The molecule has 5 rings (SSSR count). The summed E-state index contributed by atoms with van der Waals surface area (Å²) in [4.78, 5) is 21.7. The number of hydrogen-bond donors (Lipinski definition) is 1. The molecule has 162 valence electrons. The Balaban J connectivity index is 1.77. The number of carbonyl (C=O) groups excluding carboxylic acids is 1. The highest BCUT2D eigenvalue weighted by atomic mass is 35.5. The highest BCUT2D eigenvalue weighted by Gasteiger charge is 2.23. The van der Waals surface area contributed by atoms with E-state index in [1.807, 2.05) is 6.07 Å². The van der Waals surface area contributed by atoms with Gasteiger partial charge in [0, 0.05) is 40.7 Å². The fourth-order valence-corrected chi connectivity index (χ4v) is 4.33. The van der Waals surface area contributed by atoms with Crippen LogP contribution in [0.2, 0.25) is 10.0 Å². The first-order chi connectivity index (χ1) is 15.9. The molecule has 0 radical (unpaired) electrons. The molecular formula is C23H15Cl2N7O. The van der Waals surface area contributed by atoms with Crippen LogP contribution in [0, 0.1) is 11.3 Å². The van der Waals surface area contributed by atoms with Crippen LogP contribution in [0.5, 0.6) is 0 Å². The van der Waals surface area contributed by atoms with Crippen LogP contribution in [0.4, 0.5) is 0 Å². The SMILES string of the molecule is CC(C#N)n1cc(-c2cnc3ccn4c(C(N)=O)c(-c5c(Cl)cccc5Cl)nc4c3c2)cn1. The molecule has 0 aliphatic carbocycles. The summed E-state index contributed by atoms with van der Waals surface area (Å²) < 4.78 is 3.20. The van der Waals surface area contributed by atoms with E-state index in [1.54, 1.807) is 65.1 Å². The van der Waals surface area contributed by atoms with Gasteiger partial charge in [-0.2, -0.15) is 10.4 Å². The third kappa shape index (κ3) is 3.39. The van der Waals surface area contributed by atoms with E-state index in [0.717, 1.165) is 11.1 Å². The normalized spacial score (nSPS) is 12.2. The zero-order chi connectivity index (χ0) is 23.3. The van der Waals surface area contributed by atoms with Gasteiger partial charge in [0.2, 0.25) is 0 Å². The molecule has 1 atom stereocenters. The van der Waals surface area contributed by atoms with Crippen molar-refractivity contribution in [2.24, 2.45) is 5.73 Å². The summed E-state index contributed by atoms with van der Waals surface area (Å²) in [5.41, 5.74) is 9.38. The third-order valence-corrected chi connectivity index (χ3v) is 6.03. The number of nitrogens with zero attached hydrogens (tertiary/aromatic N) is 6. The molecular weight excluding hydrogens is 461 g/mol. The summed E-state index contributed by atoms with van der Waals surface area (Å²) in [5.74, 6) is -0.663. The first kappa shape index (κ1) is 20.9. The van der Waals surface area contributed by atoms with Crippen molar-refractivity contribution in [2.75, 3.05) is 0 Å². The Kier molecular flexibility index (Phi) is 5.01. The number of halogens is 2. The maximum absolute atomic E-state index is 12.4. The molecule has 5 aromatic rings. The largest absolute Gasteiger partial charge is 0.364 e. The number of aromatic nitrogens is 5. The predicted molar refractivity (Wildman–Crippen MR) is 126 cm³/mol. The van der Waals surface area contributed by atoms with E-state index < -0.39 is 11.9 Å². The third-order valence-electron chi connectivity index (χ3n) is 5.40. The fraction of sp³-hybridized carbons (Fsp3) is 0.0870. The van der Waals surface area contributed by atoms with Crippen LogP contribution < -0.4 is 5.73 Å². The molecule has 4 aromatic heterocycles. The molecule has 0 aliphatic heterocycles. The number of amides is 1. The topological polar surface area (TPSA) is 115 Å². The molecule has 8 nitrogen and oxygen atoms in total. The smallest absolute Gasteiger partial charge is 0.268 e. The van der Waals surface area contributed by atoms with E-state index in [4.69, 9.17) is 39.2 Å². The van der Waals surface area contributed by atoms with E-state index in [-0.39, 0.29) is 5.69 Å². The molecule has 0 saturated heterocycles. The number of primary amides is 1. The van der Waals surface area contributed by atoms with Gasteiger partial charge in [-0.3, -0.25) is 18.9 Å². The van der Waals surface area contributed by atoms with E-state index in [2.05, 4.69) is 16.2 Å². The van der Waals surface area contributed by atoms with Crippen LogP contribution in [0.25, 0.3) is 38.9 Å². The van der Waals surface area contributed by atoms with Gasteiger partial charge in [-0.1, -0.05) is 29.3 Å². The zero-order valence-corrected chi connectivity index (χ0v) is 18.7. The van der Waals surface area contributed by atoms with Crippen LogP contribution in [0.3, 0.4) is 0 Å². The van der Waals surface area contributed by atoms with Gasteiger partial charge in [-0.15, -0.1) is 0 Å². The average molecular weight is 476 g/mol. The summed E-state index contributed by atoms with van der Waals surface area (Å²) in [6.45, 7) is 1.76. The molecule has 1 aromatic carbocycles. The minimum atomic E-state index is -0.663. The van der Waals surface area contributed by atoms with Crippen LogP contribution in [0.15, 0.2) is 55.1 Å². The minimum absolute atomic E-state index is 0.169. The zero-order valence-electron chi connectivity index (χ0n) is 17.2. The van der Waals surface area contributed by atoms with Crippen molar-refractivity contribution >= 4 is 45.7 Å². The Morgan fingerprint density at radius 3 is 2.64 bits per heavy atom. The molecule has 1 unspecified atom stereocenters. The van der Waals surface area contributed by atoms with E-state index >= 15 is 0 Å². The van der Waals surface area contributed by atoms with Crippen LogP contribution >= 0.6 is 23.2 Å². The van der Waals surface area contributed by atoms with Crippen molar-refractivity contribution in [3.63, 3.8) is 0 Å². The lowest BCUT2D eigenvalue weighted by Gasteiger charge is -2.06. The number of rotatable bonds is 4. The van der Waals surface area contributed by atoms with Crippen molar-refractivity contribution in [1.82, 2.24) is 24.1 Å². The highest BCUT2D eigenvalue weighted by molar-refractivity contribution is 6.39. The maximum atomic E-state index is 12.4. The summed E-state index contributed by atoms with van der Waals surface area (Å²) in [7, 11) is 0. The van der Waals surface area contributed by atoms with Crippen molar-refractivity contribution in [1.29, 1.82) is 5.26 Å². The first-order valence-corrected chi connectivity index (χ1v) is 10.6. The lowest BCUT2D eigenvalue weighted by atomic mass is 10.1. The lowest BCUT2D eigenvalue weighted by Crippen LogP contribution is -2.15. The molecule has 4 heterocycles. The second kappa shape index (κ2) is 7.89. The fourth-order valence-electron chi connectivity index (χ4n) is 3.75. The van der Waals surface area contributed by atoms with Crippen molar-refractivity contribution < 1.29 is 4.79 Å². The van der Waals surface area contributed by atoms with E-state index in [0.29, 0.717) is 37.9 Å². The number of pyridine rings is 2. The van der Waals surface area contributed by atoms with Gasteiger partial charge in [0.1, 0.15) is 23.1 Å². The molecule has 1 amide bonds. The van der Waals surface area contributed by atoms with E-state index in [1.165, 1.54) is 0 Å². The molecule has 33 heavy (non-hydrogen) atoms. The number of nitrogens with two attached hydrogens (primary N) is 1. The maximum Gasteiger partial charge on any atom is 0.268 e. The van der Waals surface area contributed by atoms with Crippen LogP contribution in [-0.2, 0) is 0 Å². The second-order valence-electron chi connectivity index (χ2n) is 7.45. The number of benzene rings is 1. The van der Waals surface area contributed by atoms with Crippen molar-refractivity contribution in [3.05, 3.63) is 70.9 Å². The second-order valence-corrected chi connectivity index (χ2v) is 8.26. The Hall–Kier alpha value is -3.93. The van der Waals surface area contributed by atoms with Gasteiger partial charge >= 0.3 is 0 Å². The molecule has 0 spiro atoms. The van der Waals surface area contributed by atoms with Gasteiger partial charge in [-0.05, 0) is 31.2 Å². The molecule has 0 aliphatic rings.